The average molecular weight is 342 g/mol. The van der Waals surface area contributed by atoms with Crippen LogP contribution in [0.5, 0.6) is 0 Å². The van der Waals surface area contributed by atoms with Gasteiger partial charge in [0.1, 0.15) is 11.4 Å². The van der Waals surface area contributed by atoms with Crippen molar-refractivity contribution in [2.45, 2.75) is 31.6 Å². The Hall–Kier alpha value is -1.96. The van der Waals surface area contributed by atoms with Gasteiger partial charge in [-0.15, -0.1) is 0 Å². The maximum absolute atomic E-state index is 13.5. The summed E-state index contributed by atoms with van der Waals surface area (Å²) in [6, 6.07) is 5.17. The zero-order valence-electron chi connectivity index (χ0n) is 13.0. The number of nitrogens with one attached hydrogen (secondary N) is 1. The van der Waals surface area contributed by atoms with Gasteiger partial charge in [0.05, 0.1) is 11.5 Å². The van der Waals surface area contributed by atoms with E-state index in [9.17, 15) is 22.4 Å². The largest absolute Gasteiger partial charge is 0.325 e. The lowest BCUT2D eigenvalue weighted by Crippen LogP contribution is -2.40. The first-order valence-corrected chi connectivity index (χ1v) is 9.02. The van der Waals surface area contributed by atoms with Gasteiger partial charge < -0.3 is 5.32 Å². The Morgan fingerprint density at radius 3 is 2.43 bits per heavy atom. The molecule has 0 saturated carbocycles. The molecule has 0 aromatic heterocycles. The minimum atomic E-state index is -3.52. The number of carbonyl (C=O) groups excluding carboxylic acids is 2. The minimum absolute atomic E-state index is 0.0185. The second-order valence-corrected chi connectivity index (χ2v) is 8.23. The normalized spacial score (nSPS) is 17.4. The van der Waals surface area contributed by atoms with Gasteiger partial charge in [-0.1, -0.05) is 18.2 Å². The summed E-state index contributed by atoms with van der Waals surface area (Å²) in [4.78, 5) is 24.7. The van der Waals surface area contributed by atoms with E-state index in [1.165, 1.54) is 18.2 Å². The van der Waals surface area contributed by atoms with Gasteiger partial charge in [0.2, 0.25) is 0 Å². The summed E-state index contributed by atoms with van der Waals surface area (Å²) < 4.78 is 37.6. The number of benzene rings is 1. The van der Waals surface area contributed by atoms with Crippen LogP contribution >= 0.6 is 0 Å². The summed E-state index contributed by atoms with van der Waals surface area (Å²) in [6.45, 7) is 3.19. The van der Waals surface area contributed by atoms with Crippen LogP contribution in [0.25, 0.3) is 0 Å². The SMILES string of the molecule is CC1(C)NC(=O)N(CCCS(=O)(=O)Cc2ccccc2F)C1=O. The van der Waals surface area contributed by atoms with Crippen molar-refractivity contribution in [1.82, 2.24) is 10.2 Å². The molecular weight excluding hydrogens is 323 g/mol. The maximum atomic E-state index is 13.5. The first-order valence-electron chi connectivity index (χ1n) is 7.20. The lowest BCUT2D eigenvalue weighted by Gasteiger charge is -2.15. The fourth-order valence-electron chi connectivity index (χ4n) is 2.39. The number of sulfone groups is 1. The maximum Gasteiger partial charge on any atom is 0.325 e. The third kappa shape index (κ3) is 4.07. The second kappa shape index (κ2) is 6.27. The van der Waals surface area contributed by atoms with E-state index in [0.29, 0.717) is 0 Å². The first kappa shape index (κ1) is 17.4. The van der Waals surface area contributed by atoms with Crippen molar-refractivity contribution in [1.29, 1.82) is 0 Å². The number of carbonyl (C=O) groups is 2. The van der Waals surface area contributed by atoms with Crippen LogP contribution in [0.2, 0.25) is 0 Å². The summed E-state index contributed by atoms with van der Waals surface area (Å²) in [7, 11) is -3.52. The number of hydrogen-bond donors (Lipinski definition) is 1. The topological polar surface area (TPSA) is 83.6 Å². The number of imide groups is 1. The number of urea groups is 1. The van der Waals surface area contributed by atoms with Crippen molar-refractivity contribution in [3.05, 3.63) is 35.6 Å². The van der Waals surface area contributed by atoms with E-state index < -0.39 is 33.0 Å². The Labute approximate surface area is 134 Å². The molecule has 1 aliphatic rings. The highest BCUT2D eigenvalue weighted by atomic mass is 32.2. The number of nitrogens with zero attached hydrogens (tertiary/aromatic N) is 1. The molecule has 0 aliphatic carbocycles. The molecule has 8 heteroatoms. The molecule has 126 valence electrons. The summed E-state index contributed by atoms with van der Waals surface area (Å²) >= 11 is 0. The Kier molecular flexibility index (Phi) is 4.74. The smallest absolute Gasteiger partial charge is 0.324 e. The Morgan fingerprint density at radius 1 is 1.22 bits per heavy atom. The van der Waals surface area contributed by atoms with E-state index in [2.05, 4.69) is 5.32 Å². The van der Waals surface area contributed by atoms with Gasteiger partial charge in [0, 0.05) is 12.1 Å². The minimum Gasteiger partial charge on any atom is -0.324 e. The van der Waals surface area contributed by atoms with Gasteiger partial charge in [0.15, 0.2) is 9.84 Å². The zero-order chi connectivity index (χ0) is 17.3. The molecule has 3 amide bonds. The number of rotatable bonds is 6. The van der Waals surface area contributed by atoms with Crippen LogP contribution in [0.1, 0.15) is 25.8 Å². The molecule has 1 aromatic rings. The van der Waals surface area contributed by atoms with E-state index >= 15 is 0 Å². The van der Waals surface area contributed by atoms with Crippen LogP contribution in [0.4, 0.5) is 9.18 Å². The fourth-order valence-corrected chi connectivity index (χ4v) is 3.81. The van der Waals surface area contributed by atoms with Crippen LogP contribution < -0.4 is 5.32 Å². The molecule has 1 saturated heterocycles. The molecule has 6 nitrogen and oxygen atoms in total. The van der Waals surface area contributed by atoms with Crippen molar-refractivity contribution in [2.75, 3.05) is 12.3 Å². The molecule has 1 aromatic carbocycles. The van der Waals surface area contributed by atoms with E-state index in [-0.39, 0.29) is 30.2 Å². The van der Waals surface area contributed by atoms with Gasteiger partial charge in [-0.25, -0.2) is 17.6 Å². The zero-order valence-corrected chi connectivity index (χ0v) is 13.8. The standard InChI is InChI=1S/C15H19FN2O4S/c1-15(2)13(19)18(14(20)17-15)8-5-9-23(21,22)10-11-6-3-4-7-12(11)16/h3-4,6-7H,5,8-10H2,1-2H3,(H,17,20). The molecule has 2 rings (SSSR count). The van der Waals surface area contributed by atoms with Gasteiger partial charge in [-0.05, 0) is 26.3 Å². The predicted octanol–water partition coefficient (Wildman–Crippen LogP) is 1.46. The second-order valence-electron chi connectivity index (χ2n) is 6.05. The Morgan fingerprint density at radius 2 is 1.87 bits per heavy atom. The van der Waals surface area contributed by atoms with Crippen molar-refractivity contribution in [3.63, 3.8) is 0 Å². The molecule has 1 heterocycles. The van der Waals surface area contributed by atoms with Crippen molar-refractivity contribution < 1.29 is 22.4 Å². The fraction of sp³-hybridized carbons (Fsp3) is 0.467. The molecule has 1 N–H and O–H groups in total. The van der Waals surface area contributed by atoms with E-state index in [0.717, 1.165) is 4.90 Å². The van der Waals surface area contributed by atoms with Crippen LogP contribution in [0.15, 0.2) is 24.3 Å². The highest BCUT2D eigenvalue weighted by Crippen LogP contribution is 2.17. The summed E-state index contributed by atoms with van der Waals surface area (Å²) in [6.07, 6.45) is 0.117. The summed E-state index contributed by atoms with van der Waals surface area (Å²) in [5, 5.41) is 2.53. The van der Waals surface area contributed by atoms with Crippen LogP contribution in [0, 0.1) is 5.82 Å². The van der Waals surface area contributed by atoms with Crippen LogP contribution in [0.3, 0.4) is 0 Å². The summed E-state index contributed by atoms with van der Waals surface area (Å²) in [5.74, 6) is -1.56. The van der Waals surface area contributed by atoms with Crippen molar-refractivity contribution >= 4 is 21.8 Å². The number of amides is 3. The molecule has 0 bridgehead atoms. The number of hydrogen-bond acceptors (Lipinski definition) is 4. The van der Waals surface area contributed by atoms with Crippen LogP contribution in [-0.2, 0) is 20.4 Å². The highest BCUT2D eigenvalue weighted by molar-refractivity contribution is 7.90. The van der Waals surface area contributed by atoms with Crippen LogP contribution in [-0.4, -0.2) is 43.1 Å². The molecule has 0 radical (unpaired) electrons. The Bertz CT molecular complexity index is 731. The monoisotopic (exact) mass is 342 g/mol. The van der Waals surface area contributed by atoms with E-state index in [1.54, 1.807) is 19.9 Å². The molecule has 0 spiro atoms. The van der Waals surface area contributed by atoms with Crippen molar-refractivity contribution in [3.8, 4) is 0 Å². The molecule has 1 fully saturated rings. The molecule has 23 heavy (non-hydrogen) atoms. The highest BCUT2D eigenvalue weighted by Gasteiger charge is 2.43. The average Bonchev–Trinajstić information content (AvgIpc) is 2.63. The third-order valence-corrected chi connectivity index (χ3v) is 5.28. The van der Waals surface area contributed by atoms with Gasteiger partial charge in [0.25, 0.3) is 5.91 Å². The molecule has 1 aliphatic heterocycles. The van der Waals surface area contributed by atoms with Gasteiger partial charge in [-0.2, -0.15) is 0 Å². The van der Waals surface area contributed by atoms with Gasteiger partial charge in [-0.3, -0.25) is 9.69 Å². The van der Waals surface area contributed by atoms with E-state index in [4.69, 9.17) is 0 Å². The van der Waals surface area contributed by atoms with E-state index in [1.807, 2.05) is 0 Å². The van der Waals surface area contributed by atoms with Crippen molar-refractivity contribution in [2.24, 2.45) is 0 Å². The number of halogens is 1. The molecule has 0 unspecified atom stereocenters. The third-order valence-electron chi connectivity index (χ3n) is 3.61. The Balaban J connectivity index is 1.92. The first-order chi connectivity index (χ1) is 10.6. The quantitative estimate of drug-likeness (QED) is 0.794. The molecule has 0 atom stereocenters. The molecular formula is C15H19FN2O4S. The predicted molar refractivity (Wildman–Crippen MR) is 82.8 cm³/mol. The summed E-state index contributed by atoms with van der Waals surface area (Å²) in [5.41, 5.74) is -0.855. The lowest BCUT2D eigenvalue weighted by atomic mass is 10.1. The lowest BCUT2D eigenvalue weighted by molar-refractivity contribution is -0.130. The van der Waals surface area contributed by atoms with Gasteiger partial charge >= 0.3 is 6.03 Å².